The second-order valence-corrected chi connectivity index (χ2v) is 4.82. The molecule has 0 aromatic heterocycles. The number of carbonyl (C=O) groups excluding carboxylic acids is 3. The van der Waals surface area contributed by atoms with Gasteiger partial charge < -0.3 is 9.47 Å². The van der Waals surface area contributed by atoms with Crippen LogP contribution in [0.25, 0.3) is 0 Å². The van der Waals surface area contributed by atoms with Gasteiger partial charge >= 0.3 is 11.9 Å². The second-order valence-electron chi connectivity index (χ2n) is 4.82. The Labute approximate surface area is 114 Å². The fourth-order valence-corrected chi connectivity index (χ4v) is 1.82. The van der Waals surface area contributed by atoms with Crippen LogP contribution >= 0.6 is 0 Å². The molecular weight excluding hydrogens is 248 g/mol. The van der Waals surface area contributed by atoms with Crippen molar-refractivity contribution in [2.75, 3.05) is 13.7 Å². The van der Waals surface area contributed by atoms with Gasteiger partial charge in [-0.25, -0.2) is 0 Å². The number of carbonyl (C=O) groups is 3. The molecule has 0 N–H and O–H groups in total. The van der Waals surface area contributed by atoms with Crippen LogP contribution in [0, 0.1) is 11.8 Å². The van der Waals surface area contributed by atoms with Crippen LogP contribution in [0.5, 0.6) is 0 Å². The number of ketones is 1. The molecule has 0 aromatic carbocycles. The number of unbranched alkanes of at least 4 members (excludes halogenated alkanes) is 1. The Balaban J connectivity index is 3.82. The van der Waals surface area contributed by atoms with Gasteiger partial charge in [0.25, 0.3) is 0 Å². The van der Waals surface area contributed by atoms with E-state index < -0.39 is 0 Å². The molecule has 0 fully saturated rings. The molecule has 0 aliphatic carbocycles. The molecule has 110 valence electrons. The maximum Gasteiger partial charge on any atom is 0.308 e. The van der Waals surface area contributed by atoms with Crippen LogP contribution in [0.3, 0.4) is 0 Å². The van der Waals surface area contributed by atoms with E-state index in [4.69, 9.17) is 4.74 Å². The first kappa shape index (κ1) is 17.6. The van der Waals surface area contributed by atoms with Gasteiger partial charge in [-0.1, -0.05) is 13.8 Å². The molecule has 0 aliphatic heterocycles. The fourth-order valence-electron chi connectivity index (χ4n) is 1.82. The summed E-state index contributed by atoms with van der Waals surface area (Å²) in [4.78, 5) is 33.6. The number of Topliss-reactive ketones (excluding diaryl/α,β-unsaturated/α-hetero) is 1. The maximum atomic E-state index is 11.8. The van der Waals surface area contributed by atoms with E-state index in [1.165, 1.54) is 14.0 Å². The molecule has 5 heteroatoms. The highest BCUT2D eigenvalue weighted by Crippen LogP contribution is 2.16. The standard InChI is InChI=1S/C14H24O5/c1-10(9-11(2)14(17)18-4)13(16)7-5-6-8-19-12(3)15/h10-11H,5-9H2,1-4H3/t10-,11+/m0/s1. The number of methoxy groups -OCH3 is 1. The Hall–Kier alpha value is -1.39. The van der Waals surface area contributed by atoms with Crippen LogP contribution in [-0.2, 0) is 23.9 Å². The number of rotatable bonds is 9. The van der Waals surface area contributed by atoms with Gasteiger partial charge in [-0.05, 0) is 19.3 Å². The summed E-state index contributed by atoms with van der Waals surface area (Å²) >= 11 is 0. The van der Waals surface area contributed by atoms with Crippen molar-refractivity contribution >= 4 is 17.7 Å². The summed E-state index contributed by atoms with van der Waals surface area (Å²) in [6.07, 6.45) is 2.35. The molecule has 0 unspecified atom stereocenters. The first-order valence-corrected chi connectivity index (χ1v) is 6.62. The van der Waals surface area contributed by atoms with Crippen molar-refractivity contribution < 1.29 is 23.9 Å². The lowest BCUT2D eigenvalue weighted by molar-refractivity contribution is -0.145. The molecule has 5 nitrogen and oxygen atoms in total. The monoisotopic (exact) mass is 272 g/mol. The van der Waals surface area contributed by atoms with Crippen molar-refractivity contribution in [3.8, 4) is 0 Å². The lowest BCUT2D eigenvalue weighted by Gasteiger charge is -2.14. The van der Waals surface area contributed by atoms with Crippen LogP contribution in [0.1, 0.15) is 46.5 Å². The van der Waals surface area contributed by atoms with E-state index in [9.17, 15) is 14.4 Å². The first-order chi connectivity index (χ1) is 8.88. The highest BCUT2D eigenvalue weighted by molar-refractivity contribution is 5.81. The van der Waals surface area contributed by atoms with E-state index in [2.05, 4.69) is 4.74 Å². The summed E-state index contributed by atoms with van der Waals surface area (Å²) in [7, 11) is 1.35. The second kappa shape index (κ2) is 9.53. The Morgan fingerprint density at radius 1 is 1.05 bits per heavy atom. The molecule has 0 saturated heterocycles. The summed E-state index contributed by atoms with van der Waals surface area (Å²) in [5, 5.41) is 0. The zero-order valence-electron chi connectivity index (χ0n) is 12.2. The molecule has 0 amide bonds. The molecule has 2 atom stereocenters. The largest absolute Gasteiger partial charge is 0.469 e. The third kappa shape index (κ3) is 8.35. The number of ether oxygens (including phenoxy) is 2. The quantitative estimate of drug-likeness (QED) is 0.475. The average molecular weight is 272 g/mol. The van der Waals surface area contributed by atoms with Crippen molar-refractivity contribution in [1.82, 2.24) is 0 Å². The van der Waals surface area contributed by atoms with Crippen LogP contribution in [0.2, 0.25) is 0 Å². The lowest BCUT2D eigenvalue weighted by atomic mass is 9.91. The van der Waals surface area contributed by atoms with Crippen LogP contribution in [0.15, 0.2) is 0 Å². The third-order valence-corrected chi connectivity index (χ3v) is 2.98. The summed E-state index contributed by atoms with van der Waals surface area (Å²) in [5.41, 5.74) is 0. The predicted molar refractivity (Wildman–Crippen MR) is 70.5 cm³/mol. The minimum atomic E-state index is -0.299. The minimum Gasteiger partial charge on any atom is -0.469 e. The highest BCUT2D eigenvalue weighted by Gasteiger charge is 2.20. The molecule has 0 aliphatic rings. The summed E-state index contributed by atoms with van der Waals surface area (Å²) in [6.45, 7) is 5.31. The van der Waals surface area contributed by atoms with Crippen molar-refractivity contribution in [2.24, 2.45) is 11.8 Å². The summed E-state index contributed by atoms with van der Waals surface area (Å²) in [6, 6.07) is 0. The molecule has 19 heavy (non-hydrogen) atoms. The van der Waals surface area contributed by atoms with Crippen molar-refractivity contribution in [1.29, 1.82) is 0 Å². The van der Waals surface area contributed by atoms with Crippen LogP contribution in [-0.4, -0.2) is 31.4 Å². The predicted octanol–water partition coefficient (Wildman–Crippen LogP) is 2.12. The number of esters is 2. The molecule has 0 aromatic rings. The van der Waals surface area contributed by atoms with Gasteiger partial charge in [-0.3, -0.25) is 14.4 Å². The summed E-state index contributed by atoms with van der Waals surface area (Å²) < 4.78 is 9.41. The van der Waals surface area contributed by atoms with Crippen molar-refractivity contribution in [3.63, 3.8) is 0 Å². The van der Waals surface area contributed by atoms with E-state index >= 15 is 0 Å². The average Bonchev–Trinajstić information content (AvgIpc) is 2.36. The minimum absolute atomic E-state index is 0.138. The van der Waals surface area contributed by atoms with E-state index in [0.717, 1.165) is 0 Å². The molecule has 0 spiro atoms. The van der Waals surface area contributed by atoms with E-state index in [0.29, 0.717) is 32.3 Å². The third-order valence-electron chi connectivity index (χ3n) is 2.98. The fraction of sp³-hybridized carbons (Fsp3) is 0.786. The van der Waals surface area contributed by atoms with Gasteiger partial charge in [-0.2, -0.15) is 0 Å². The maximum absolute atomic E-state index is 11.8. The van der Waals surface area contributed by atoms with Gasteiger partial charge in [0.2, 0.25) is 0 Å². The van der Waals surface area contributed by atoms with Crippen molar-refractivity contribution in [3.05, 3.63) is 0 Å². The molecule has 0 saturated carbocycles. The van der Waals surface area contributed by atoms with E-state index in [1.807, 2.05) is 6.92 Å². The van der Waals surface area contributed by atoms with Gasteiger partial charge in [0.1, 0.15) is 5.78 Å². The van der Waals surface area contributed by atoms with Crippen molar-refractivity contribution in [2.45, 2.75) is 46.5 Å². The number of hydrogen-bond acceptors (Lipinski definition) is 5. The number of hydrogen-bond donors (Lipinski definition) is 0. The Kier molecular flexibility index (Phi) is 8.83. The zero-order chi connectivity index (χ0) is 14.8. The van der Waals surface area contributed by atoms with Gasteiger partial charge in [0.05, 0.1) is 19.6 Å². The first-order valence-electron chi connectivity index (χ1n) is 6.62. The Bertz CT molecular complexity index is 311. The van der Waals surface area contributed by atoms with E-state index in [1.54, 1.807) is 6.92 Å². The molecular formula is C14H24O5. The smallest absolute Gasteiger partial charge is 0.308 e. The SMILES string of the molecule is COC(=O)[C@H](C)C[C@H](C)C(=O)CCCCOC(C)=O. The van der Waals surface area contributed by atoms with Gasteiger partial charge in [-0.15, -0.1) is 0 Å². The van der Waals surface area contributed by atoms with Gasteiger partial charge in [0.15, 0.2) is 0 Å². The highest BCUT2D eigenvalue weighted by atomic mass is 16.5. The van der Waals surface area contributed by atoms with Gasteiger partial charge in [0, 0.05) is 19.3 Å². The van der Waals surface area contributed by atoms with Crippen LogP contribution in [0.4, 0.5) is 0 Å². The lowest BCUT2D eigenvalue weighted by Crippen LogP contribution is -2.20. The molecule has 0 radical (unpaired) electrons. The molecule has 0 heterocycles. The molecule has 0 bridgehead atoms. The Morgan fingerprint density at radius 2 is 1.68 bits per heavy atom. The topological polar surface area (TPSA) is 69.7 Å². The Morgan fingerprint density at radius 3 is 2.21 bits per heavy atom. The van der Waals surface area contributed by atoms with E-state index in [-0.39, 0.29) is 29.6 Å². The zero-order valence-corrected chi connectivity index (χ0v) is 12.2. The summed E-state index contributed by atoms with van der Waals surface area (Å²) in [5.74, 6) is -0.854. The van der Waals surface area contributed by atoms with Crippen LogP contribution < -0.4 is 0 Å². The normalized spacial score (nSPS) is 13.5. The molecule has 0 rings (SSSR count).